The molecule has 0 aromatic heterocycles. The molecule has 0 radical (unpaired) electrons. The predicted molar refractivity (Wildman–Crippen MR) is 223 cm³/mol. The molecule has 3 aliphatic rings. The molecule has 0 amide bonds. The first kappa shape index (κ1) is 40.8. The van der Waals surface area contributed by atoms with Crippen molar-refractivity contribution >= 4 is 43.6 Å². The van der Waals surface area contributed by atoms with Crippen LogP contribution in [0.2, 0.25) is 12.1 Å². The monoisotopic (exact) mass is 715 g/mol. The Bertz CT molecular complexity index is 1340. The van der Waals surface area contributed by atoms with Gasteiger partial charge in [-0.3, -0.25) is 0 Å². The van der Waals surface area contributed by atoms with Gasteiger partial charge in [-0.25, -0.2) is 0 Å². The third-order valence-electron chi connectivity index (χ3n) is 13.6. The quantitative estimate of drug-likeness (QED) is 0.107. The molecule has 3 aliphatic heterocycles. The summed E-state index contributed by atoms with van der Waals surface area (Å²) in [5.41, 5.74) is 3.76. The molecule has 2 aromatic rings. The number of rotatable bonds is 19. The van der Waals surface area contributed by atoms with Gasteiger partial charge in [-0.15, -0.1) is 0 Å². The summed E-state index contributed by atoms with van der Waals surface area (Å²) >= 11 is 0. The van der Waals surface area contributed by atoms with E-state index >= 15 is 0 Å². The first-order chi connectivity index (χ1) is 24.1. The summed E-state index contributed by atoms with van der Waals surface area (Å²) in [5, 5.41) is 3.23. The van der Waals surface area contributed by atoms with Crippen molar-refractivity contribution in [3.05, 3.63) is 36.4 Å². The fourth-order valence-corrected chi connectivity index (χ4v) is 14.9. The summed E-state index contributed by atoms with van der Waals surface area (Å²) < 4.78 is 26.7. The Morgan fingerprint density at radius 1 is 0.529 bits per heavy atom. The predicted octanol–water partition coefficient (Wildman–Crippen LogP) is 9.97. The highest BCUT2D eigenvalue weighted by Gasteiger charge is 2.54. The molecule has 0 aliphatic carbocycles. The zero-order chi connectivity index (χ0) is 37.1. The second kappa shape index (κ2) is 16.6. The van der Waals surface area contributed by atoms with Crippen molar-refractivity contribution in [3.8, 4) is 11.1 Å². The summed E-state index contributed by atoms with van der Waals surface area (Å²) in [5.74, 6) is 0.722. The third-order valence-corrected chi connectivity index (χ3v) is 19.0. The largest absolute Gasteiger partial charge is 0.494 e. The van der Waals surface area contributed by atoms with Crippen LogP contribution in [0.25, 0.3) is 11.1 Å². The minimum Gasteiger partial charge on any atom is -0.399 e. The number of unbranched alkanes of at least 4 members (excludes halogenated alkanes) is 10. The Labute approximate surface area is 315 Å². The van der Waals surface area contributed by atoms with Crippen molar-refractivity contribution in [2.24, 2.45) is 5.92 Å². The zero-order valence-electron chi connectivity index (χ0n) is 34.6. The summed E-state index contributed by atoms with van der Waals surface area (Å²) in [6, 6.07) is 17.1. The lowest BCUT2D eigenvalue weighted by Crippen LogP contribution is -2.58. The van der Waals surface area contributed by atoms with E-state index in [4.69, 9.17) is 18.6 Å². The molecule has 1 atom stereocenters. The van der Waals surface area contributed by atoms with Crippen molar-refractivity contribution in [1.82, 2.24) is 0 Å². The highest BCUT2D eigenvalue weighted by Crippen LogP contribution is 2.41. The van der Waals surface area contributed by atoms with Gasteiger partial charge in [0.25, 0.3) is 0 Å². The zero-order valence-corrected chi connectivity index (χ0v) is 35.6. The topological polar surface area (TPSA) is 36.9 Å². The van der Waals surface area contributed by atoms with Crippen LogP contribution in [0.1, 0.15) is 166 Å². The molecule has 1 unspecified atom stereocenters. The smallest absolute Gasteiger partial charge is 0.399 e. The molecule has 0 N–H and O–H groups in total. The van der Waals surface area contributed by atoms with Gasteiger partial charge in [0.05, 0.1) is 22.4 Å². The van der Waals surface area contributed by atoms with E-state index in [0.29, 0.717) is 0 Å². The molecule has 2 saturated heterocycles. The van der Waals surface area contributed by atoms with Gasteiger partial charge >= 0.3 is 14.2 Å². The van der Waals surface area contributed by atoms with Crippen LogP contribution in [0, 0.1) is 5.92 Å². The molecule has 51 heavy (non-hydrogen) atoms. The van der Waals surface area contributed by atoms with E-state index in [2.05, 4.69) is 113 Å². The molecular weight excluding hydrogens is 642 g/mol. The van der Waals surface area contributed by atoms with E-state index in [-0.39, 0.29) is 36.6 Å². The Kier molecular flexibility index (Phi) is 13.2. The number of hydrogen-bond acceptors (Lipinski definition) is 4. The average Bonchev–Trinajstić information content (AvgIpc) is 3.57. The van der Waals surface area contributed by atoms with Gasteiger partial charge < -0.3 is 18.6 Å². The molecular formula is C44H72B2O4Si. The summed E-state index contributed by atoms with van der Waals surface area (Å²) in [7, 11) is -2.93. The summed E-state index contributed by atoms with van der Waals surface area (Å²) in [6.45, 7) is 24.4. The van der Waals surface area contributed by atoms with Gasteiger partial charge in [-0.2, -0.15) is 0 Å². The van der Waals surface area contributed by atoms with Crippen LogP contribution in [0.4, 0.5) is 0 Å². The highest BCUT2D eigenvalue weighted by molar-refractivity contribution is 7.06. The van der Waals surface area contributed by atoms with Crippen LogP contribution in [0.3, 0.4) is 0 Å². The van der Waals surface area contributed by atoms with Crippen molar-refractivity contribution in [2.75, 3.05) is 0 Å². The second-order valence-corrected chi connectivity index (χ2v) is 22.6. The van der Waals surface area contributed by atoms with E-state index in [1.807, 2.05) is 0 Å². The maximum atomic E-state index is 6.66. The van der Waals surface area contributed by atoms with Crippen LogP contribution in [0.15, 0.2) is 36.4 Å². The van der Waals surface area contributed by atoms with Gasteiger partial charge in [0.1, 0.15) is 8.07 Å². The standard InChI is InChI=1S/C44H72B2O4Si/c1-12-15-17-18-19-20-21-22-23-24-30-51(33-34(14-3)25-16-13-2)39-31-35(45-47-41(4,5)42(6,7)48-45)26-28-37(39)38-29-27-36(32-40(38)51)46-49-43(8,9)44(10,11)50-46/h26-29,31-32,34H,12-25,30,33H2,1-11H3. The molecule has 7 heteroatoms. The molecule has 5 rings (SSSR count). The molecule has 0 saturated carbocycles. The van der Waals surface area contributed by atoms with Crippen LogP contribution >= 0.6 is 0 Å². The minimum atomic E-state index is -2.23. The number of hydrogen-bond donors (Lipinski definition) is 0. The Morgan fingerprint density at radius 3 is 1.31 bits per heavy atom. The molecule has 0 spiro atoms. The normalized spacial score (nSPS) is 21.2. The van der Waals surface area contributed by atoms with Crippen LogP contribution in [-0.4, -0.2) is 44.7 Å². The molecule has 282 valence electrons. The van der Waals surface area contributed by atoms with Gasteiger partial charge in [0.15, 0.2) is 0 Å². The first-order valence-corrected chi connectivity index (χ1v) is 23.5. The van der Waals surface area contributed by atoms with Crippen LogP contribution in [-0.2, 0) is 18.6 Å². The molecule has 4 nitrogen and oxygen atoms in total. The van der Waals surface area contributed by atoms with Gasteiger partial charge in [0, 0.05) is 0 Å². The Balaban J connectivity index is 1.52. The maximum Gasteiger partial charge on any atom is 0.494 e. The van der Waals surface area contributed by atoms with Crippen LogP contribution in [0.5, 0.6) is 0 Å². The average molecular weight is 715 g/mol. The van der Waals surface area contributed by atoms with Crippen molar-refractivity contribution in [2.45, 2.75) is 201 Å². The van der Waals surface area contributed by atoms with Crippen molar-refractivity contribution in [1.29, 1.82) is 0 Å². The van der Waals surface area contributed by atoms with E-state index in [1.54, 1.807) is 10.4 Å². The molecule has 0 bridgehead atoms. The molecule has 3 heterocycles. The highest BCUT2D eigenvalue weighted by atomic mass is 28.3. The van der Waals surface area contributed by atoms with Crippen molar-refractivity contribution < 1.29 is 18.6 Å². The van der Waals surface area contributed by atoms with E-state index < -0.39 is 8.07 Å². The molecule has 2 aromatic carbocycles. The maximum absolute atomic E-state index is 6.66. The fraction of sp³-hybridized carbons (Fsp3) is 0.727. The van der Waals surface area contributed by atoms with E-state index in [1.165, 1.54) is 124 Å². The number of fused-ring (bicyclic) bond motifs is 3. The van der Waals surface area contributed by atoms with E-state index in [9.17, 15) is 0 Å². The summed E-state index contributed by atoms with van der Waals surface area (Å²) in [6.07, 6.45) is 18.8. The minimum absolute atomic E-state index is 0.351. The third kappa shape index (κ3) is 8.64. The fourth-order valence-electron chi connectivity index (χ4n) is 8.72. The molecule has 2 fully saturated rings. The lowest BCUT2D eigenvalue weighted by molar-refractivity contribution is 0.00578. The first-order valence-electron chi connectivity index (χ1n) is 21.1. The van der Waals surface area contributed by atoms with Gasteiger partial charge in [-0.05, 0) is 106 Å². The van der Waals surface area contributed by atoms with Crippen LogP contribution < -0.4 is 21.3 Å². The SMILES string of the molecule is CCCCCCCCCCCC[Si]1(CC(CC)CCCC)c2cc(B3OC(C)(C)C(C)(C)O3)ccc2-c2ccc(B3OC(C)(C)C(C)(C)O3)cc21. The Morgan fingerprint density at radius 2 is 0.922 bits per heavy atom. The summed E-state index contributed by atoms with van der Waals surface area (Å²) in [4.78, 5) is 0. The second-order valence-electron chi connectivity index (χ2n) is 18.4. The lowest BCUT2D eigenvalue weighted by atomic mass is 9.77. The Hall–Kier alpha value is -1.37. The van der Waals surface area contributed by atoms with Gasteiger partial charge in [0.2, 0.25) is 0 Å². The van der Waals surface area contributed by atoms with Crippen molar-refractivity contribution in [3.63, 3.8) is 0 Å². The number of benzene rings is 2. The lowest BCUT2D eigenvalue weighted by Gasteiger charge is -2.34. The van der Waals surface area contributed by atoms with Gasteiger partial charge in [-0.1, -0.05) is 147 Å². The van der Waals surface area contributed by atoms with E-state index in [0.717, 1.165) is 5.92 Å².